The van der Waals surface area contributed by atoms with Gasteiger partial charge in [0, 0.05) is 44.1 Å². The van der Waals surface area contributed by atoms with Gasteiger partial charge in [0.2, 0.25) is 5.91 Å². The Hall–Kier alpha value is -3.02. The highest BCUT2D eigenvalue weighted by Gasteiger charge is 2.28. The molecular formula is C24H32N4O2. The number of rotatable bonds is 8. The minimum absolute atomic E-state index is 0.0509. The van der Waals surface area contributed by atoms with Gasteiger partial charge in [-0.05, 0) is 50.5 Å². The number of amides is 3. The van der Waals surface area contributed by atoms with Gasteiger partial charge in [-0.25, -0.2) is 4.79 Å². The van der Waals surface area contributed by atoms with Gasteiger partial charge in [-0.2, -0.15) is 0 Å². The van der Waals surface area contributed by atoms with Crippen molar-refractivity contribution in [2.45, 2.75) is 26.2 Å². The molecule has 2 aromatic carbocycles. The number of nitrogens with one attached hydrogen (secondary N) is 2. The molecule has 1 unspecified atom stereocenters. The maximum absolute atomic E-state index is 12.6. The second-order valence-electron chi connectivity index (χ2n) is 7.64. The highest BCUT2D eigenvalue weighted by atomic mass is 16.2. The van der Waals surface area contributed by atoms with Crippen LogP contribution in [0.25, 0.3) is 0 Å². The first-order chi connectivity index (χ1) is 14.7. The first-order valence-electron chi connectivity index (χ1n) is 10.9. The second kappa shape index (κ2) is 11.2. The summed E-state index contributed by atoms with van der Waals surface area (Å²) >= 11 is 0. The van der Waals surface area contributed by atoms with Gasteiger partial charge in [-0.3, -0.25) is 4.79 Å². The molecule has 1 heterocycles. The van der Waals surface area contributed by atoms with E-state index in [1.807, 2.05) is 48.5 Å². The summed E-state index contributed by atoms with van der Waals surface area (Å²) in [6.07, 6.45) is 2.56. The molecule has 6 heteroatoms. The molecular weight excluding hydrogens is 376 g/mol. The Bertz CT molecular complexity index is 797. The van der Waals surface area contributed by atoms with Gasteiger partial charge >= 0.3 is 6.03 Å². The third kappa shape index (κ3) is 6.24. The highest BCUT2D eigenvalue weighted by molar-refractivity contribution is 5.90. The molecule has 6 nitrogen and oxygen atoms in total. The lowest BCUT2D eigenvalue weighted by Crippen LogP contribution is -2.47. The van der Waals surface area contributed by atoms with Crippen molar-refractivity contribution in [3.8, 4) is 0 Å². The molecule has 1 aliphatic rings. The Morgan fingerprint density at radius 3 is 2.47 bits per heavy atom. The zero-order chi connectivity index (χ0) is 21.2. The van der Waals surface area contributed by atoms with Gasteiger partial charge in [0.05, 0.1) is 5.92 Å². The van der Waals surface area contributed by atoms with Crippen molar-refractivity contribution in [1.82, 2.24) is 10.2 Å². The lowest BCUT2D eigenvalue weighted by atomic mass is 9.97. The van der Waals surface area contributed by atoms with Crippen LogP contribution in [0.2, 0.25) is 0 Å². The summed E-state index contributed by atoms with van der Waals surface area (Å²) in [6.45, 7) is 5.78. The minimum Gasteiger partial charge on any atom is -0.372 e. The molecule has 0 saturated carbocycles. The molecule has 0 aromatic heterocycles. The molecule has 2 N–H and O–H groups in total. The number of hydrogen-bond donors (Lipinski definition) is 2. The van der Waals surface area contributed by atoms with Crippen LogP contribution in [0.3, 0.4) is 0 Å². The van der Waals surface area contributed by atoms with E-state index >= 15 is 0 Å². The van der Waals surface area contributed by atoms with E-state index in [1.165, 1.54) is 5.69 Å². The fraction of sp³-hybridized carbons (Fsp3) is 0.417. The number of para-hydroxylation sites is 2. The molecule has 30 heavy (non-hydrogen) atoms. The Balaban J connectivity index is 1.41. The molecule has 0 radical (unpaired) electrons. The number of likely N-dealkylation sites (tertiary alicyclic amines) is 1. The number of nitrogens with zero attached hydrogens (tertiary/aromatic N) is 2. The van der Waals surface area contributed by atoms with Gasteiger partial charge < -0.3 is 20.4 Å². The Labute approximate surface area is 179 Å². The fourth-order valence-corrected chi connectivity index (χ4v) is 3.83. The van der Waals surface area contributed by atoms with Gasteiger partial charge in [0.25, 0.3) is 0 Å². The molecule has 3 amide bonds. The van der Waals surface area contributed by atoms with Crippen molar-refractivity contribution in [3.05, 3.63) is 60.7 Å². The summed E-state index contributed by atoms with van der Waals surface area (Å²) in [4.78, 5) is 29.2. The van der Waals surface area contributed by atoms with E-state index in [1.54, 1.807) is 4.90 Å². The van der Waals surface area contributed by atoms with Crippen LogP contribution in [0.5, 0.6) is 0 Å². The Morgan fingerprint density at radius 2 is 1.77 bits per heavy atom. The number of benzene rings is 2. The summed E-state index contributed by atoms with van der Waals surface area (Å²) in [5, 5.41) is 5.98. The summed E-state index contributed by atoms with van der Waals surface area (Å²) < 4.78 is 0. The van der Waals surface area contributed by atoms with Gasteiger partial charge in [-0.15, -0.1) is 0 Å². The van der Waals surface area contributed by atoms with Crippen molar-refractivity contribution in [2.75, 3.05) is 42.9 Å². The maximum atomic E-state index is 12.6. The van der Waals surface area contributed by atoms with E-state index < -0.39 is 0 Å². The lowest BCUT2D eigenvalue weighted by Gasteiger charge is -2.32. The van der Waals surface area contributed by atoms with Crippen LogP contribution in [0.15, 0.2) is 60.7 Å². The molecule has 3 rings (SSSR count). The third-order valence-electron chi connectivity index (χ3n) is 5.51. The normalized spacial score (nSPS) is 16.0. The molecule has 2 aromatic rings. The molecule has 0 spiro atoms. The predicted octanol–water partition coefficient (Wildman–Crippen LogP) is 3.96. The average molecular weight is 409 g/mol. The first-order valence-corrected chi connectivity index (χ1v) is 10.9. The quantitative estimate of drug-likeness (QED) is 0.650. The van der Waals surface area contributed by atoms with Crippen LogP contribution in [0.1, 0.15) is 26.2 Å². The van der Waals surface area contributed by atoms with Gasteiger partial charge in [-0.1, -0.05) is 36.4 Å². The van der Waals surface area contributed by atoms with Crippen LogP contribution in [0.4, 0.5) is 16.2 Å². The topological polar surface area (TPSA) is 64.7 Å². The zero-order valence-corrected chi connectivity index (χ0v) is 17.7. The smallest absolute Gasteiger partial charge is 0.321 e. The lowest BCUT2D eigenvalue weighted by molar-refractivity contribution is -0.126. The first kappa shape index (κ1) is 21.7. The number of urea groups is 1. The second-order valence-corrected chi connectivity index (χ2v) is 7.64. The van der Waals surface area contributed by atoms with Crippen LogP contribution >= 0.6 is 0 Å². The zero-order valence-electron chi connectivity index (χ0n) is 17.7. The van der Waals surface area contributed by atoms with E-state index in [-0.39, 0.29) is 17.9 Å². The summed E-state index contributed by atoms with van der Waals surface area (Å²) in [5.41, 5.74) is 1.98. The van der Waals surface area contributed by atoms with Crippen molar-refractivity contribution >= 4 is 23.3 Å². The van der Waals surface area contributed by atoms with Gasteiger partial charge in [0.1, 0.15) is 0 Å². The van der Waals surface area contributed by atoms with Crippen molar-refractivity contribution in [1.29, 1.82) is 0 Å². The van der Waals surface area contributed by atoms with Crippen molar-refractivity contribution in [2.24, 2.45) is 5.92 Å². The van der Waals surface area contributed by atoms with Crippen LogP contribution in [-0.4, -0.2) is 49.6 Å². The number of carbonyl (C=O) groups is 2. The van der Waals surface area contributed by atoms with Crippen LogP contribution in [0, 0.1) is 5.92 Å². The number of anilines is 2. The van der Waals surface area contributed by atoms with E-state index in [0.717, 1.165) is 38.0 Å². The molecule has 1 fully saturated rings. The molecule has 160 valence electrons. The van der Waals surface area contributed by atoms with E-state index in [9.17, 15) is 9.59 Å². The van der Waals surface area contributed by atoms with E-state index in [2.05, 4.69) is 34.6 Å². The standard InChI is InChI=1S/C24H32N4O2/c1-2-27(22-14-7-4-8-15-22)18-10-16-25-23(29)20-11-9-17-28(19-20)24(30)26-21-12-5-3-6-13-21/h3-8,12-15,20H,2,9-11,16-19H2,1H3,(H,25,29)(H,26,30). The number of hydrogen-bond acceptors (Lipinski definition) is 3. The average Bonchev–Trinajstić information content (AvgIpc) is 2.80. The monoisotopic (exact) mass is 408 g/mol. The maximum Gasteiger partial charge on any atom is 0.321 e. The van der Waals surface area contributed by atoms with Crippen molar-refractivity contribution in [3.63, 3.8) is 0 Å². The predicted molar refractivity (Wildman–Crippen MR) is 122 cm³/mol. The molecule has 1 saturated heterocycles. The molecule has 0 aliphatic carbocycles. The molecule has 1 aliphatic heterocycles. The summed E-state index contributed by atoms with van der Waals surface area (Å²) in [5.74, 6) is -0.0911. The van der Waals surface area contributed by atoms with Crippen LogP contribution < -0.4 is 15.5 Å². The molecule has 0 bridgehead atoms. The van der Waals surface area contributed by atoms with E-state index in [0.29, 0.717) is 19.6 Å². The third-order valence-corrected chi connectivity index (χ3v) is 5.51. The summed E-state index contributed by atoms with van der Waals surface area (Å²) in [6, 6.07) is 19.6. The van der Waals surface area contributed by atoms with Crippen LogP contribution in [-0.2, 0) is 4.79 Å². The fourth-order valence-electron chi connectivity index (χ4n) is 3.83. The minimum atomic E-state index is -0.142. The summed E-state index contributed by atoms with van der Waals surface area (Å²) in [7, 11) is 0. The van der Waals surface area contributed by atoms with E-state index in [4.69, 9.17) is 0 Å². The largest absolute Gasteiger partial charge is 0.372 e. The number of piperidine rings is 1. The Kier molecular flexibility index (Phi) is 8.12. The highest BCUT2D eigenvalue weighted by Crippen LogP contribution is 2.18. The number of carbonyl (C=O) groups excluding carboxylic acids is 2. The SMILES string of the molecule is CCN(CCCNC(=O)C1CCCN(C(=O)Nc2ccccc2)C1)c1ccccc1. The Morgan fingerprint density at radius 1 is 1.07 bits per heavy atom. The van der Waals surface area contributed by atoms with Gasteiger partial charge in [0.15, 0.2) is 0 Å². The molecule has 1 atom stereocenters. The van der Waals surface area contributed by atoms with Crippen molar-refractivity contribution < 1.29 is 9.59 Å².